The van der Waals surface area contributed by atoms with E-state index >= 15 is 0 Å². The summed E-state index contributed by atoms with van der Waals surface area (Å²) >= 11 is 0. The highest BCUT2D eigenvalue weighted by Gasteiger charge is 2.32. The van der Waals surface area contributed by atoms with Crippen LogP contribution in [0.4, 0.5) is 0 Å². The van der Waals surface area contributed by atoms with Gasteiger partial charge in [-0.25, -0.2) is 0 Å². The van der Waals surface area contributed by atoms with Crippen molar-refractivity contribution in [1.29, 1.82) is 0 Å². The summed E-state index contributed by atoms with van der Waals surface area (Å²) in [6, 6.07) is 1.23. The lowest BCUT2D eigenvalue weighted by molar-refractivity contribution is 0.124. The first-order valence-corrected chi connectivity index (χ1v) is 7.77. The van der Waals surface area contributed by atoms with E-state index in [-0.39, 0.29) is 12.1 Å². The van der Waals surface area contributed by atoms with Crippen LogP contribution in [0.2, 0.25) is 0 Å². The van der Waals surface area contributed by atoms with Crippen LogP contribution in [0.3, 0.4) is 0 Å². The number of rotatable bonds is 8. The van der Waals surface area contributed by atoms with Crippen LogP contribution in [-0.2, 0) is 0 Å². The van der Waals surface area contributed by atoms with Crippen LogP contribution >= 0.6 is 0 Å². The van der Waals surface area contributed by atoms with Gasteiger partial charge in [-0.1, -0.05) is 20.8 Å². The molecule has 2 atom stereocenters. The van der Waals surface area contributed by atoms with E-state index in [2.05, 4.69) is 51.9 Å². The van der Waals surface area contributed by atoms with E-state index in [0.29, 0.717) is 17.5 Å². The van der Waals surface area contributed by atoms with Crippen molar-refractivity contribution in [1.82, 2.24) is 10.2 Å². The van der Waals surface area contributed by atoms with Crippen LogP contribution in [0.25, 0.3) is 0 Å². The highest BCUT2D eigenvalue weighted by molar-refractivity contribution is 4.92. The predicted octanol–water partition coefficient (Wildman–Crippen LogP) is 2.64. The molecule has 1 aliphatic rings. The Balaban J connectivity index is 2.31. The third-order valence-corrected chi connectivity index (χ3v) is 4.63. The monoisotopic (exact) mass is 270 g/mol. The van der Waals surface area contributed by atoms with Gasteiger partial charge in [-0.15, -0.1) is 0 Å². The fraction of sp³-hybridized carbons (Fsp3) is 1.00. The first kappa shape index (κ1) is 16.9. The summed E-state index contributed by atoms with van der Waals surface area (Å²) in [6.07, 6.45) is 4.72. The molecule has 0 saturated heterocycles. The molecule has 1 fully saturated rings. The van der Waals surface area contributed by atoms with Crippen LogP contribution in [0, 0.1) is 5.41 Å². The van der Waals surface area contributed by atoms with Crippen molar-refractivity contribution in [2.24, 2.45) is 5.41 Å². The molecule has 0 bridgehead atoms. The third kappa shape index (κ3) is 5.80. The summed E-state index contributed by atoms with van der Waals surface area (Å²) in [4.78, 5) is 2.44. The topological polar surface area (TPSA) is 35.5 Å². The number of aliphatic hydroxyl groups excluding tert-OH is 1. The van der Waals surface area contributed by atoms with Gasteiger partial charge in [0, 0.05) is 17.6 Å². The largest absolute Gasteiger partial charge is 0.394 e. The molecular weight excluding hydrogens is 236 g/mol. The molecule has 0 aromatic carbocycles. The summed E-state index contributed by atoms with van der Waals surface area (Å²) in [6.45, 7) is 12.7. The maximum absolute atomic E-state index is 9.59. The molecule has 2 unspecified atom stereocenters. The number of hydrogen-bond acceptors (Lipinski definition) is 3. The van der Waals surface area contributed by atoms with E-state index in [1.807, 2.05) is 0 Å². The molecule has 0 aromatic rings. The molecule has 0 aromatic heterocycles. The lowest BCUT2D eigenvalue weighted by atomic mass is 9.87. The van der Waals surface area contributed by atoms with Crippen molar-refractivity contribution in [2.75, 3.05) is 20.2 Å². The van der Waals surface area contributed by atoms with E-state index in [0.717, 1.165) is 19.4 Å². The minimum Gasteiger partial charge on any atom is -0.394 e. The zero-order chi connectivity index (χ0) is 14.7. The van der Waals surface area contributed by atoms with E-state index in [9.17, 15) is 5.11 Å². The zero-order valence-corrected chi connectivity index (χ0v) is 13.8. The average Bonchev–Trinajstić information content (AvgIpc) is 3.10. The van der Waals surface area contributed by atoms with E-state index in [4.69, 9.17) is 0 Å². The molecule has 0 heterocycles. The quantitative estimate of drug-likeness (QED) is 0.712. The summed E-state index contributed by atoms with van der Waals surface area (Å²) < 4.78 is 0. The highest BCUT2D eigenvalue weighted by atomic mass is 16.3. The van der Waals surface area contributed by atoms with Crippen molar-refractivity contribution < 1.29 is 5.11 Å². The summed E-state index contributed by atoms with van der Waals surface area (Å²) in [5.74, 6) is 0. The molecule has 114 valence electrons. The number of aliphatic hydroxyl groups is 1. The van der Waals surface area contributed by atoms with Gasteiger partial charge in [0.2, 0.25) is 0 Å². The van der Waals surface area contributed by atoms with Gasteiger partial charge in [0.25, 0.3) is 0 Å². The lowest BCUT2D eigenvalue weighted by Gasteiger charge is -2.36. The minimum absolute atomic E-state index is 0.0903. The Morgan fingerprint density at radius 3 is 2.26 bits per heavy atom. The van der Waals surface area contributed by atoms with Crippen molar-refractivity contribution >= 4 is 0 Å². The maximum atomic E-state index is 9.59. The first-order valence-electron chi connectivity index (χ1n) is 7.77. The Kier molecular flexibility index (Phi) is 5.84. The Bertz CT molecular complexity index is 270. The molecule has 0 spiro atoms. The third-order valence-electron chi connectivity index (χ3n) is 4.63. The molecule has 0 aliphatic heterocycles. The molecule has 3 nitrogen and oxygen atoms in total. The Labute approximate surface area is 119 Å². The molecule has 3 heteroatoms. The smallest absolute Gasteiger partial charge is 0.0610 e. The van der Waals surface area contributed by atoms with Crippen LogP contribution < -0.4 is 5.32 Å². The second-order valence-corrected chi connectivity index (χ2v) is 7.76. The van der Waals surface area contributed by atoms with Crippen molar-refractivity contribution in [3.05, 3.63) is 0 Å². The van der Waals surface area contributed by atoms with Gasteiger partial charge in [0.1, 0.15) is 0 Å². The maximum Gasteiger partial charge on any atom is 0.0610 e. The first-order chi connectivity index (χ1) is 8.68. The standard InChI is InChI=1S/C16H34N2O/c1-13(15(2,3)4)18(6)11-7-10-16(5,12-19)17-14-8-9-14/h13-14,17,19H,7-12H2,1-6H3. The van der Waals surface area contributed by atoms with Gasteiger partial charge in [-0.3, -0.25) is 0 Å². The molecule has 1 rings (SSSR count). The van der Waals surface area contributed by atoms with Gasteiger partial charge in [-0.2, -0.15) is 0 Å². The molecule has 1 saturated carbocycles. The zero-order valence-electron chi connectivity index (χ0n) is 13.8. The number of hydrogen-bond donors (Lipinski definition) is 2. The van der Waals surface area contributed by atoms with Crippen molar-refractivity contribution in [2.45, 2.75) is 77.9 Å². The SMILES string of the molecule is CC(N(C)CCCC(C)(CO)NC1CC1)C(C)(C)C. The molecular formula is C16H34N2O. The van der Waals surface area contributed by atoms with Gasteiger partial charge in [0.15, 0.2) is 0 Å². The summed E-state index contributed by atoms with van der Waals surface area (Å²) in [7, 11) is 2.21. The van der Waals surface area contributed by atoms with Crippen LogP contribution in [0.5, 0.6) is 0 Å². The van der Waals surface area contributed by atoms with Crippen molar-refractivity contribution in [3.63, 3.8) is 0 Å². The van der Waals surface area contributed by atoms with E-state index in [1.54, 1.807) is 0 Å². The van der Waals surface area contributed by atoms with Gasteiger partial charge in [-0.05, 0) is 58.5 Å². The Morgan fingerprint density at radius 2 is 1.84 bits per heavy atom. The highest BCUT2D eigenvalue weighted by Crippen LogP contribution is 2.26. The van der Waals surface area contributed by atoms with Crippen LogP contribution in [0.15, 0.2) is 0 Å². The Hall–Kier alpha value is -0.120. The second-order valence-electron chi connectivity index (χ2n) is 7.76. The molecule has 19 heavy (non-hydrogen) atoms. The van der Waals surface area contributed by atoms with E-state index in [1.165, 1.54) is 12.8 Å². The van der Waals surface area contributed by atoms with Gasteiger partial charge >= 0.3 is 0 Å². The lowest BCUT2D eigenvalue weighted by Crippen LogP contribution is -2.47. The number of nitrogens with zero attached hydrogens (tertiary/aromatic N) is 1. The van der Waals surface area contributed by atoms with E-state index < -0.39 is 0 Å². The summed E-state index contributed by atoms with van der Waals surface area (Å²) in [5.41, 5.74) is 0.230. The summed E-state index contributed by atoms with van der Waals surface area (Å²) in [5, 5.41) is 13.2. The molecule has 1 aliphatic carbocycles. The van der Waals surface area contributed by atoms with Crippen LogP contribution in [-0.4, -0.2) is 47.8 Å². The molecule has 2 N–H and O–H groups in total. The normalized spacial score (nSPS) is 21.5. The minimum atomic E-state index is -0.0903. The molecule has 0 radical (unpaired) electrons. The fourth-order valence-electron chi connectivity index (χ4n) is 2.49. The predicted molar refractivity (Wildman–Crippen MR) is 82.4 cm³/mol. The fourth-order valence-corrected chi connectivity index (χ4v) is 2.49. The van der Waals surface area contributed by atoms with Gasteiger partial charge < -0.3 is 15.3 Å². The van der Waals surface area contributed by atoms with Crippen LogP contribution in [0.1, 0.15) is 60.3 Å². The Morgan fingerprint density at radius 1 is 1.26 bits per heavy atom. The second kappa shape index (κ2) is 6.55. The van der Waals surface area contributed by atoms with Crippen molar-refractivity contribution in [3.8, 4) is 0 Å². The number of nitrogens with one attached hydrogen (secondary N) is 1. The van der Waals surface area contributed by atoms with Gasteiger partial charge in [0.05, 0.1) is 6.61 Å². The molecule has 0 amide bonds. The average molecular weight is 270 g/mol.